The van der Waals surface area contributed by atoms with Gasteiger partial charge in [-0.2, -0.15) is 0 Å². The van der Waals surface area contributed by atoms with Crippen LogP contribution in [0.15, 0.2) is 12.3 Å². The van der Waals surface area contributed by atoms with Gasteiger partial charge in [-0.25, -0.2) is 0 Å². The normalized spacial score (nSPS) is 9.33. The van der Waals surface area contributed by atoms with Crippen LogP contribution < -0.4 is 5.73 Å². The zero-order valence-electron chi connectivity index (χ0n) is 4.48. The fourth-order valence-corrected chi connectivity index (χ4v) is 0.477. The Kier molecular flexibility index (Phi) is 1.11. The third-order valence-corrected chi connectivity index (χ3v) is 0.876. The van der Waals surface area contributed by atoms with E-state index in [0.717, 1.165) is 0 Å². The van der Waals surface area contributed by atoms with Crippen LogP contribution in [0.3, 0.4) is 0 Å². The van der Waals surface area contributed by atoms with Crippen molar-refractivity contribution in [1.82, 2.24) is 9.94 Å². The number of primary amides is 1. The van der Waals surface area contributed by atoms with E-state index in [0.29, 0.717) is 4.85 Å². The van der Waals surface area contributed by atoms with Gasteiger partial charge in [-0.3, -0.25) is 4.79 Å². The molecule has 0 aromatic carbocycles. The molecule has 0 radical (unpaired) electrons. The van der Waals surface area contributed by atoms with Crippen molar-refractivity contribution in [2.75, 3.05) is 0 Å². The van der Waals surface area contributed by atoms with Crippen molar-refractivity contribution in [2.24, 2.45) is 5.73 Å². The van der Waals surface area contributed by atoms with E-state index >= 15 is 0 Å². The van der Waals surface area contributed by atoms with E-state index < -0.39 is 5.91 Å². The number of nitrogens with zero attached hydrogens (tertiary/aromatic N) is 2. The number of carbonyl (C=O) groups is 1. The summed E-state index contributed by atoms with van der Waals surface area (Å²) in [6, 6.07) is 1.32. The lowest BCUT2D eigenvalue weighted by molar-refractivity contribution is 0.0917. The van der Waals surface area contributed by atoms with Crippen molar-refractivity contribution in [2.45, 2.75) is 0 Å². The lowest BCUT2D eigenvalue weighted by Gasteiger charge is -1.90. The van der Waals surface area contributed by atoms with E-state index in [1.165, 1.54) is 12.3 Å². The van der Waals surface area contributed by atoms with Crippen molar-refractivity contribution in [1.29, 1.82) is 0 Å². The first-order chi connectivity index (χ1) is 4.22. The van der Waals surface area contributed by atoms with E-state index in [-0.39, 0.29) is 5.69 Å². The lowest BCUT2D eigenvalue weighted by Crippen LogP contribution is -2.15. The minimum absolute atomic E-state index is 0.0185. The first-order valence-corrected chi connectivity index (χ1v) is 2.25. The second-order valence-corrected chi connectivity index (χ2v) is 1.47. The van der Waals surface area contributed by atoms with E-state index in [9.17, 15) is 4.79 Å². The molecule has 9 heavy (non-hydrogen) atoms. The Bertz CT molecular complexity index is 229. The molecular weight excluding hydrogens is 122 g/mol. The van der Waals surface area contributed by atoms with Gasteiger partial charge in [0, 0.05) is 0 Å². The molecule has 0 bridgehead atoms. The van der Waals surface area contributed by atoms with Gasteiger partial charge in [-0.05, 0) is 6.07 Å². The standard InChI is InChI=1S/C4H5N3O2/c5-4(8)3-1-2-6-7(3)9/h1-2,9H,(H2,5,8). The van der Waals surface area contributed by atoms with Gasteiger partial charge >= 0.3 is 0 Å². The Morgan fingerprint density at radius 2 is 2.56 bits per heavy atom. The number of carbonyl (C=O) groups excluding carboxylic acids is 1. The summed E-state index contributed by atoms with van der Waals surface area (Å²) in [7, 11) is 0. The van der Waals surface area contributed by atoms with E-state index in [1.807, 2.05) is 0 Å². The van der Waals surface area contributed by atoms with Crippen LogP contribution in [-0.4, -0.2) is 21.1 Å². The molecule has 0 atom stereocenters. The van der Waals surface area contributed by atoms with Gasteiger partial charge in [0.05, 0.1) is 6.20 Å². The highest BCUT2D eigenvalue weighted by molar-refractivity contribution is 5.90. The molecule has 1 heterocycles. The average Bonchev–Trinajstić information content (AvgIpc) is 2.13. The second kappa shape index (κ2) is 1.77. The summed E-state index contributed by atoms with van der Waals surface area (Å²) in [5.74, 6) is -0.699. The first kappa shape index (κ1) is 5.61. The summed E-state index contributed by atoms with van der Waals surface area (Å²) in [4.78, 5) is 10.7. The molecule has 3 N–H and O–H groups in total. The SMILES string of the molecule is NC(=O)c1ccnn1O. The predicted molar refractivity (Wildman–Crippen MR) is 27.9 cm³/mol. The van der Waals surface area contributed by atoms with Crippen molar-refractivity contribution < 1.29 is 10.0 Å². The molecule has 5 nitrogen and oxygen atoms in total. The zero-order valence-corrected chi connectivity index (χ0v) is 4.48. The lowest BCUT2D eigenvalue weighted by atomic mass is 10.4. The maximum atomic E-state index is 10.3. The molecule has 0 aliphatic heterocycles. The molecule has 0 fully saturated rings. The van der Waals surface area contributed by atoms with Crippen molar-refractivity contribution in [3.05, 3.63) is 18.0 Å². The summed E-state index contributed by atoms with van der Waals surface area (Å²) in [5, 5.41) is 11.9. The number of nitrogens with two attached hydrogens (primary N) is 1. The Balaban J connectivity index is 3.08. The predicted octanol–water partition coefficient (Wildman–Crippen LogP) is -0.781. The van der Waals surface area contributed by atoms with E-state index in [4.69, 9.17) is 10.9 Å². The third kappa shape index (κ3) is 0.835. The fourth-order valence-electron chi connectivity index (χ4n) is 0.477. The highest BCUT2D eigenvalue weighted by Gasteiger charge is 2.04. The van der Waals surface area contributed by atoms with Crippen LogP contribution in [-0.2, 0) is 0 Å². The van der Waals surface area contributed by atoms with Crippen molar-refractivity contribution >= 4 is 5.91 Å². The van der Waals surface area contributed by atoms with Gasteiger partial charge in [0.1, 0.15) is 0 Å². The molecule has 0 saturated heterocycles. The molecule has 1 amide bonds. The fraction of sp³-hybridized carbons (Fsp3) is 0. The van der Waals surface area contributed by atoms with Gasteiger partial charge in [0.15, 0.2) is 5.69 Å². The third-order valence-electron chi connectivity index (χ3n) is 0.876. The maximum absolute atomic E-state index is 10.3. The molecule has 0 spiro atoms. The van der Waals surface area contributed by atoms with Gasteiger partial charge in [0.25, 0.3) is 5.91 Å². The maximum Gasteiger partial charge on any atom is 0.270 e. The summed E-state index contributed by atoms with van der Waals surface area (Å²) in [6.07, 6.45) is 1.28. The Labute approximate surface area is 50.7 Å². The number of rotatable bonds is 1. The molecule has 0 unspecified atom stereocenters. The molecule has 5 heteroatoms. The minimum Gasteiger partial charge on any atom is -0.411 e. The van der Waals surface area contributed by atoms with Crippen molar-refractivity contribution in [3.63, 3.8) is 0 Å². The number of hydrogen-bond donors (Lipinski definition) is 2. The van der Waals surface area contributed by atoms with Crippen LogP contribution in [0.25, 0.3) is 0 Å². The van der Waals surface area contributed by atoms with Crippen LogP contribution in [0.1, 0.15) is 10.5 Å². The summed E-state index contributed by atoms with van der Waals surface area (Å²) >= 11 is 0. The molecule has 48 valence electrons. The summed E-state index contributed by atoms with van der Waals surface area (Å²) < 4.78 is 0. The quantitative estimate of drug-likeness (QED) is 0.485. The van der Waals surface area contributed by atoms with Crippen LogP contribution >= 0.6 is 0 Å². The average molecular weight is 127 g/mol. The molecular formula is C4H5N3O2. The van der Waals surface area contributed by atoms with Crippen LogP contribution in [0.2, 0.25) is 0 Å². The number of hydrogen-bond acceptors (Lipinski definition) is 3. The molecule has 1 aromatic heterocycles. The molecule has 0 aliphatic rings. The molecule has 0 saturated carbocycles. The zero-order chi connectivity index (χ0) is 6.85. The van der Waals surface area contributed by atoms with Gasteiger partial charge in [0.2, 0.25) is 0 Å². The Morgan fingerprint density at radius 1 is 1.89 bits per heavy atom. The van der Waals surface area contributed by atoms with E-state index in [2.05, 4.69) is 5.10 Å². The monoisotopic (exact) mass is 127 g/mol. The highest BCUT2D eigenvalue weighted by atomic mass is 16.5. The van der Waals surface area contributed by atoms with Gasteiger partial charge in [-0.1, -0.05) is 4.85 Å². The Hall–Kier alpha value is -1.52. The molecule has 0 aliphatic carbocycles. The smallest absolute Gasteiger partial charge is 0.270 e. The molecule has 1 rings (SSSR count). The highest BCUT2D eigenvalue weighted by Crippen LogP contribution is 1.91. The number of amides is 1. The Morgan fingerprint density at radius 3 is 2.78 bits per heavy atom. The van der Waals surface area contributed by atoms with Gasteiger partial charge < -0.3 is 10.9 Å². The topological polar surface area (TPSA) is 81.1 Å². The van der Waals surface area contributed by atoms with Crippen LogP contribution in [0.4, 0.5) is 0 Å². The summed E-state index contributed by atoms with van der Waals surface area (Å²) in [6.45, 7) is 0. The second-order valence-electron chi connectivity index (χ2n) is 1.47. The minimum atomic E-state index is -0.699. The first-order valence-electron chi connectivity index (χ1n) is 2.25. The summed E-state index contributed by atoms with van der Waals surface area (Å²) in [5.41, 5.74) is 4.78. The van der Waals surface area contributed by atoms with Gasteiger partial charge in [-0.15, -0.1) is 5.10 Å². The van der Waals surface area contributed by atoms with Crippen LogP contribution in [0, 0.1) is 0 Å². The number of aromatic nitrogens is 2. The van der Waals surface area contributed by atoms with E-state index in [1.54, 1.807) is 0 Å². The van der Waals surface area contributed by atoms with Crippen molar-refractivity contribution in [3.8, 4) is 0 Å². The van der Waals surface area contributed by atoms with Crippen LogP contribution in [0.5, 0.6) is 0 Å². The largest absolute Gasteiger partial charge is 0.411 e. The molecule has 1 aromatic rings.